The van der Waals surface area contributed by atoms with E-state index in [-0.39, 0.29) is 0 Å². The van der Waals surface area contributed by atoms with Crippen LogP contribution in [0.3, 0.4) is 0 Å². The molecule has 2 nitrogen and oxygen atoms in total. The van der Waals surface area contributed by atoms with Crippen molar-refractivity contribution in [2.75, 3.05) is 0 Å². The molecule has 0 amide bonds. The van der Waals surface area contributed by atoms with Gasteiger partial charge in [-0.05, 0) is 31.0 Å². The molecule has 0 saturated carbocycles. The number of aromatic nitrogens is 2. The van der Waals surface area contributed by atoms with E-state index in [9.17, 15) is 0 Å². The van der Waals surface area contributed by atoms with E-state index < -0.39 is 0 Å². The zero-order chi connectivity index (χ0) is 9.59. The Morgan fingerprint density at radius 3 is 2.69 bits per heavy atom. The highest BCUT2D eigenvalue weighted by molar-refractivity contribution is 6.34. The van der Waals surface area contributed by atoms with Crippen molar-refractivity contribution in [3.8, 4) is 0 Å². The van der Waals surface area contributed by atoms with Crippen LogP contribution in [0.5, 0.6) is 0 Å². The first-order valence-electron chi connectivity index (χ1n) is 4.19. The average molecular weight is 195 g/mol. The summed E-state index contributed by atoms with van der Waals surface area (Å²) in [6.07, 6.45) is 0. The Hall–Kier alpha value is -1.02. The first kappa shape index (κ1) is 8.57. The predicted octanol–water partition coefficient (Wildman–Crippen LogP) is 2.84. The second-order valence-electron chi connectivity index (χ2n) is 3.32. The van der Waals surface area contributed by atoms with E-state index in [0.29, 0.717) is 5.15 Å². The number of rotatable bonds is 0. The Labute approximate surface area is 82.1 Å². The van der Waals surface area contributed by atoms with Crippen LogP contribution in [0.1, 0.15) is 11.1 Å². The lowest BCUT2D eigenvalue weighted by Crippen LogP contribution is -1.89. The molecule has 1 aromatic heterocycles. The molecule has 0 N–H and O–H groups in total. The highest BCUT2D eigenvalue weighted by atomic mass is 35.5. The third kappa shape index (κ3) is 1.13. The molecule has 0 unspecified atom stereocenters. The highest BCUT2D eigenvalue weighted by Crippen LogP contribution is 2.27. The average Bonchev–Trinajstić information content (AvgIpc) is 2.35. The molecule has 0 spiro atoms. The molecule has 0 bridgehead atoms. The molecule has 68 valence electrons. The van der Waals surface area contributed by atoms with Gasteiger partial charge in [0.05, 0.1) is 5.52 Å². The van der Waals surface area contributed by atoms with Crippen LogP contribution in [-0.4, -0.2) is 9.78 Å². The van der Waals surface area contributed by atoms with Crippen molar-refractivity contribution in [1.82, 2.24) is 9.78 Å². The van der Waals surface area contributed by atoms with Crippen LogP contribution in [0.4, 0.5) is 0 Å². The summed E-state index contributed by atoms with van der Waals surface area (Å²) in [5.41, 5.74) is 3.56. The number of benzene rings is 1. The number of halogens is 1. The van der Waals surface area contributed by atoms with Gasteiger partial charge in [-0.3, -0.25) is 4.68 Å². The largest absolute Gasteiger partial charge is 0.266 e. The minimum absolute atomic E-state index is 0.596. The maximum Gasteiger partial charge on any atom is 0.159 e. The van der Waals surface area contributed by atoms with Crippen LogP contribution in [-0.2, 0) is 7.05 Å². The number of aryl methyl sites for hydroxylation is 3. The Morgan fingerprint density at radius 1 is 1.31 bits per heavy atom. The summed E-state index contributed by atoms with van der Waals surface area (Å²) in [5.74, 6) is 0. The van der Waals surface area contributed by atoms with Crippen LogP contribution in [0, 0.1) is 13.8 Å². The first-order chi connectivity index (χ1) is 6.11. The fourth-order valence-corrected chi connectivity index (χ4v) is 1.92. The molecule has 1 aromatic carbocycles. The number of hydrogen-bond donors (Lipinski definition) is 0. The van der Waals surface area contributed by atoms with Crippen molar-refractivity contribution < 1.29 is 0 Å². The summed E-state index contributed by atoms with van der Waals surface area (Å²) in [4.78, 5) is 0. The Morgan fingerprint density at radius 2 is 2.00 bits per heavy atom. The number of hydrogen-bond acceptors (Lipinski definition) is 1. The predicted molar refractivity (Wildman–Crippen MR) is 55.2 cm³/mol. The Bertz CT molecular complexity index is 471. The van der Waals surface area contributed by atoms with Crippen LogP contribution in [0.15, 0.2) is 12.1 Å². The summed E-state index contributed by atoms with van der Waals surface area (Å²) in [7, 11) is 1.91. The molecule has 0 aliphatic rings. The second kappa shape index (κ2) is 2.74. The molecule has 0 atom stereocenters. The molecule has 3 heteroatoms. The molecule has 0 saturated heterocycles. The van der Waals surface area contributed by atoms with Crippen LogP contribution in [0.2, 0.25) is 5.15 Å². The van der Waals surface area contributed by atoms with Gasteiger partial charge in [0.15, 0.2) is 5.15 Å². The standard InChI is InChI=1S/C10H11ClN2/c1-6-4-5-8-9(7(6)2)10(11)12-13(8)3/h4-5H,1-3H3. The van der Waals surface area contributed by atoms with E-state index in [2.05, 4.69) is 31.1 Å². The van der Waals surface area contributed by atoms with Gasteiger partial charge in [0.2, 0.25) is 0 Å². The molecular weight excluding hydrogens is 184 g/mol. The molecule has 1 heterocycles. The van der Waals surface area contributed by atoms with Gasteiger partial charge in [0, 0.05) is 12.4 Å². The van der Waals surface area contributed by atoms with E-state index in [4.69, 9.17) is 11.6 Å². The molecular formula is C10H11ClN2. The smallest absolute Gasteiger partial charge is 0.159 e. The van der Waals surface area contributed by atoms with Crippen molar-refractivity contribution in [2.24, 2.45) is 7.05 Å². The summed E-state index contributed by atoms with van der Waals surface area (Å²) in [6, 6.07) is 4.15. The Kier molecular flexibility index (Phi) is 1.81. The van der Waals surface area contributed by atoms with E-state index >= 15 is 0 Å². The van der Waals surface area contributed by atoms with Crippen LogP contribution >= 0.6 is 11.6 Å². The van der Waals surface area contributed by atoms with E-state index in [1.165, 1.54) is 11.1 Å². The van der Waals surface area contributed by atoms with Gasteiger partial charge in [-0.25, -0.2) is 0 Å². The zero-order valence-electron chi connectivity index (χ0n) is 7.93. The maximum atomic E-state index is 6.02. The molecule has 2 rings (SSSR count). The maximum absolute atomic E-state index is 6.02. The monoisotopic (exact) mass is 194 g/mol. The van der Waals surface area contributed by atoms with Crippen LogP contribution in [0.25, 0.3) is 10.9 Å². The van der Waals surface area contributed by atoms with Gasteiger partial charge in [0.1, 0.15) is 0 Å². The summed E-state index contributed by atoms with van der Waals surface area (Å²) >= 11 is 6.02. The van der Waals surface area contributed by atoms with Crippen molar-refractivity contribution in [3.63, 3.8) is 0 Å². The van der Waals surface area contributed by atoms with Gasteiger partial charge in [0.25, 0.3) is 0 Å². The molecule has 13 heavy (non-hydrogen) atoms. The normalized spacial score (nSPS) is 11.1. The van der Waals surface area contributed by atoms with E-state index in [0.717, 1.165) is 10.9 Å². The topological polar surface area (TPSA) is 17.8 Å². The minimum atomic E-state index is 0.596. The van der Waals surface area contributed by atoms with Crippen LogP contribution < -0.4 is 0 Å². The summed E-state index contributed by atoms with van der Waals surface area (Å²) < 4.78 is 1.81. The van der Waals surface area contributed by atoms with Gasteiger partial charge in [-0.15, -0.1) is 0 Å². The van der Waals surface area contributed by atoms with Crippen molar-refractivity contribution >= 4 is 22.5 Å². The van der Waals surface area contributed by atoms with Gasteiger partial charge in [-0.1, -0.05) is 17.7 Å². The van der Waals surface area contributed by atoms with E-state index in [1.807, 2.05) is 11.7 Å². The Balaban J connectivity index is 2.98. The summed E-state index contributed by atoms with van der Waals surface area (Å²) in [6.45, 7) is 4.16. The quantitative estimate of drug-likeness (QED) is 0.631. The highest BCUT2D eigenvalue weighted by Gasteiger charge is 2.09. The lowest BCUT2D eigenvalue weighted by atomic mass is 10.1. The fraction of sp³-hybridized carbons (Fsp3) is 0.300. The number of fused-ring (bicyclic) bond motifs is 1. The van der Waals surface area contributed by atoms with Crippen molar-refractivity contribution in [3.05, 3.63) is 28.4 Å². The molecule has 0 radical (unpaired) electrons. The number of nitrogens with zero attached hydrogens (tertiary/aromatic N) is 2. The lowest BCUT2D eigenvalue weighted by molar-refractivity contribution is 0.797. The molecule has 0 aliphatic heterocycles. The van der Waals surface area contributed by atoms with Gasteiger partial charge < -0.3 is 0 Å². The third-order valence-corrected chi connectivity index (χ3v) is 2.77. The lowest BCUT2D eigenvalue weighted by Gasteiger charge is -2.01. The van der Waals surface area contributed by atoms with Gasteiger partial charge in [-0.2, -0.15) is 5.10 Å². The first-order valence-corrected chi connectivity index (χ1v) is 4.57. The SMILES string of the molecule is Cc1ccc2c(c(Cl)nn2C)c1C. The fourth-order valence-electron chi connectivity index (χ4n) is 1.57. The molecule has 2 aromatic rings. The summed E-state index contributed by atoms with van der Waals surface area (Å²) in [5, 5.41) is 5.84. The van der Waals surface area contributed by atoms with Crippen molar-refractivity contribution in [1.29, 1.82) is 0 Å². The molecule has 0 fully saturated rings. The zero-order valence-corrected chi connectivity index (χ0v) is 8.68. The van der Waals surface area contributed by atoms with Gasteiger partial charge >= 0.3 is 0 Å². The second-order valence-corrected chi connectivity index (χ2v) is 3.67. The van der Waals surface area contributed by atoms with Crippen molar-refractivity contribution in [2.45, 2.75) is 13.8 Å². The molecule has 0 aliphatic carbocycles. The third-order valence-electron chi connectivity index (χ3n) is 2.51. The minimum Gasteiger partial charge on any atom is -0.266 e. The van der Waals surface area contributed by atoms with E-state index in [1.54, 1.807) is 0 Å².